The number of carboxylic acids is 1. The van der Waals surface area contributed by atoms with E-state index in [0.717, 1.165) is 11.1 Å². The Morgan fingerprint density at radius 2 is 2.05 bits per heavy atom. The summed E-state index contributed by atoms with van der Waals surface area (Å²) in [6, 6.07) is 7.22. The standard InChI is InChI=1S/C14H18N2O3/c1-9(13(15)17)7-16-8-11-5-3-2-4-10(11)6-12(16)14(18)19/h2-5,9,12H,6-8H2,1H3,(H2,15,17)(H,18,19). The summed E-state index contributed by atoms with van der Waals surface area (Å²) >= 11 is 0. The van der Waals surface area contributed by atoms with Crippen molar-refractivity contribution in [1.82, 2.24) is 4.90 Å². The van der Waals surface area contributed by atoms with Crippen LogP contribution in [0.1, 0.15) is 18.1 Å². The number of hydrogen-bond donors (Lipinski definition) is 2. The van der Waals surface area contributed by atoms with E-state index < -0.39 is 17.9 Å². The Hall–Kier alpha value is -1.88. The van der Waals surface area contributed by atoms with Crippen LogP contribution in [-0.4, -0.2) is 34.5 Å². The summed E-state index contributed by atoms with van der Waals surface area (Å²) in [6.45, 7) is 2.65. The van der Waals surface area contributed by atoms with E-state index in [1.807, 2.05) is 29.2 Å². The van der Waals surface area contributed by atoms with Crippen molar-refractivity contribution in [2.75, 3.05) is 6.54 Å². The zero-order chi connectivity index (χ0) is 14.0. The minimum Gasteiger partial charge on any atom is -0.480 e. The van der Waals surface area contributed by atoms with Gasteiger partial charge in [0.15, 0.2) is 0 Å². The van der Waals surface area contributed by atoms with Crippen molar-refractivity contribution in [3.8, 4) is 0 Å². The molecule has 0 radical (unpaired) electrons. The lowest BCUT2D eigenvalue weighted by Gasteiger charge is -2.35. The van der Waals surface area contributed by atoms with E-state index in [-0.39, 0.29) is 5.92 Å². The van der Waals surface area contributed by atoms with Gasteiger partial charge in [0.1, 0.15) is 6.04 Å². The zero-order valence-electron chi connectivity index (χ0n) is 10.9. The van der Waals surface area contributed by atoms with Crippen molar-refractivity contribution in [2.45, 2.75) is 25.9 Å². The number of hydrogen-bond acceptors (Lipinski definition) is 3. The summed E-state index contributed by atoms with van der Waals surface area (Å²) in [5.74, 6) is -1.61. The van der Waals surface area contributed by atoms with Crippen LogP contribution in [0.3, 0.4) is 0 Å². The topological polar surface area (TPSA) is 83.6 Å². The summed E-state index contributed by atoms with van der Waals surface area (Å²) in [6.07, 6.45) is 0.469. The normalized spacial score (nSPS) is 20.6. The van der Waals surface area contributed by atoms with E-state index in [9.17, 15) is 14.7 Å². The molecule has 1 heterocycles. The zero-order valence-corrected chi connectivity index (χ0v) is 10.9. The molecule has 2 unspecified atom stereocenters. The maximum absolute atomic E-state index is 11.4. The quantitative estimate of drug-likeness (QED) is 0.833. The number of rotatable bonds is 4. The van der Waals surface area contributed by atoms with Crippen molar-refractivity contribution >= 4 is 11.9 Å². The van der Waals surface area contributed by atoms with Crippen molar-refractivity contribution in [2.24, 2.45) is 11.7 Å². The summed E-state index contributed by atoms with van der Waals surface area (Å²) in [7, 11) is 0. The molecule has 1 aromatic carbocycles. The molecule has 0 aromatic heterocycles. The molecule has 0 saturated heterocycles. The van der Waals surface area contributed by atoms with Crippen LogP contribution in [-0.2, 0) is 22.6 Å². The molecule has 0 bridgehead atoms. The van der Waals surface area contributed by atoms with Gasteiger partial charge in [-0.3, -0.25) is 14.5 Å². The molecule has 2 rings (SSSR count). The Morgan fingerprint density at radius 3 is 2.63 bits per heavy atom. The highest BCUT2D eigenvalue weighted by molar-refractivity contribution is 5.77. The number of nitrogens with zero attached hydrogens (tertiary/aromatic N) is 1. The Bertz CT molecular complexity index is 501. The molecule has 19 heavy (non-hydrogen) atoms. The molecule has 0 fully saturated rings. The van der Waals surface area contributed by atoms with E-state index in [1.54, 1.807) is 6.92 Å². The van der Waals surface area contributed by atoms with Crippen LogP contribution in [0.5, 0.6) is 0 Å². The molecular weight excluding hydrogens is 244 g/mol. The first-order valence-corrected chi connectivity index (χ1v) is 6.32. The molecule has 0 spiro atoms. The van der Waals surface area contributed by atoms with E-state index >= 15 is 0 Å². The molecule has 0 saturated carbocycles. The number of carboxylic acid groups (broad SMARTS) is 1. The molecule has 3 N–H and O–H groups in total. The van der Waals surface area contributed by atoms with Crippen LogP contribution in [0.15, 0.2) is 24.3 Å². The summed E-state index contributed by atoms with van der Waals surface area (Å²) in [5, 5.41) is 9.33. The van der Waals surface area contributed by atoms with Crippen molar-refractivity contribution in [1.29, 1.82) is 0 Å². The first kappa shape index (κ1) is 13.5. The van der Waals surface area contributed by atoms with Gasteiger partial charge in [-0.05, 0) is 17.5 Å². The van der Waals surface area contributed by atoms with Crippen molar-refractivity contribution < 1.29 is 14.7 Å². The second-order valence-electron chi connectivity index (χ2n) is 5.06. The van der Waals surface area contributed by atoms with Gasteiger partial charge in [-0.25, -0.2) is 0 Å². The summed E-state index contributed by atoms with van der Waals surface area (Å²) < 4.78 is 0. The maximum atomic E-state index is 11.4. The minimum absolute atomic E-state index is 0.355. The second-order valence-corrected chi connectivity index (χ2v) is 5.06. The van der Waals surface area contributed by atoms with Gasteiger partial charge in [0.2, 0.25) is 5.91 Å². The van der Waals surface area contributed by atoms with Gasteiger partial charge >= 0.3 is 5.97 Å². The van der Waals surface area contributed by atoms with Gasteiger partial charge < -0.3 is 10.8 Å². The number of benzene rings is 1. The van der Waals surface area contributed by atoms with Crippen LogP contribution in [0, 0.1) is 5.92 Å². The Balaban J connectivity index is 2.21. The van der Waals surface area contributed by atoms with Gasteiger partial charge in [-0.15, -0.1) is 0 Å². The number of amides is 1. The highest BCUT2D eigenvalue weighted by Gasteiger charge is 2.32. The fraction of sp³-hybridized carbons (Fsp3) is 0.429. The SMILES string of the molecule is CC(CN1Cc2ccccc2CC1C(=O)O)C(N)=O. The number of fused-ring (bicyclic) bond motifs is 1. The number of carbonyl (C=O) groups excluding carboxylic acids is 1. The minimum atomic E-state index is -0.855. The highest BCUT2D eigenvalue weighted by atomic mass is 16.4. The lowest BCUT2D eigenvalue weighted by Crippen LogP contribution is -2.48. The third-order valence-electron chi connectivity index (χ3n) is 3.62. The van der Waals surface area contributed by atoms with Gasteiger partial charge in [0, 0.05) is 19.0 Å². The molecule has 1 aromatic rings. The van der Waals surface area contributed by atoms with E-state index in [0.29, 0.717) is 19.5 Å². The Morgan fingerprint density at radius 1 is 1.42 bits per heavy atom. The van der Waals surface area contributed by atoms with E-state index in [2.05, 4.69) is 0 Å². The van der Waals surface area contributed by atoms with Gasteiger partial charge in [0.05, 0.1) is 0 Å². The van der Waals surface area contributed by atoms with Crippen molar-refractivity contribution in [3.05, 3.63) is 35.4 Å². The van der Waals surface area contributed by atoms with Crippen LogP contribution < -0.4 is 5.73 Å². The van der Waals surface area contributed by atoms with Crippen LogP contribution in [0.4, 0.5) is 0 Å². The monoisotopic (exact) mass is 262 g/mol. The number of aliphatic carboxylic acids is 1. The molecule has 5 nitrogen and oxygen atoms in total. The van der Waals surface area contributed by atoms with Crippen LogP contribution in [0.2, 0.25) is 0 Å². The average molecular weight is 262 g/mol. The molecule has 1 aliphatic heterocycles. The largest absolute Gasteiger partial charge is 0.480 e. The summed E-state index contributed by atoms with van der Waals surface area (Å²) in [4.78, 5) is 24.3. The fourth-order valence-electron chi connectivity index (χ4n) is 2.45. The lowest BCUT2D eigenvalue weighted by atomic mass is 9.93. The van der Waals surface area contributed by atoms with Gasteiger partial charge in [-0.2, -0.15) is 0 Å². The first-order chi connectivity index (χ1) is 8.99. The predicted octanol–water partition coefficient (Wildman–Crippen LogP) is 0.619. The second kappa shape index (κ2) is 5.40. The summed E-state index contributed by atoms with van der Waals surface area (Å²) in [5.41, 5.74) is 7.45. The number of primary amides is 1. The average Bonchev–Trinajstić information content (AvgIpc) is 2.37. The predicted molar refractivity (Wildman–Crippen MR) is 70.3 cm³/mol. The third kappa shape index (κ3) is 2.93. The van der Waals surface area contributed by atoms with E-state index in [4.69, 9.17) is 5.73 Å². The fourth-order valence-corrected chi connectivity index (χ4v) is 2.45. The van der Waals surface area contributed by atoms with Crippen LogP contribution >= 0.6 is 0 Å². The molecule has 0 aliphatic carbocycles. The van der Waals surface area contributed by atoms with Gasteiger partial charge in [-0.1, -0.05) is 31.2 Å². The highest BCUT2D eigenvalue weighted by Crippen LogP contribution is 2.24. The molecule has 2 atom stereocenters. The number of carbonyl (C=O) groups is 2. The number of nitrogens with two attached hydrogens (primary N) is 1. The molecule has 102 valence electrons. The molecule has 1 aliphatic rings. The van der Waals surface area contributed by atoms with E-state index in [1.165, 1.54) is 0 Å². The van der Waals surface area contributed by atoms with Crippen molar-refractivity contribution in [3.63, 3.8) is 0 Å². The Kier molecular flexibility index (Phi) is 3.85. The maximum Gasteiger partial charge on any atom is 0.321 e. The smallest absolute Gasteiger partial charge is 0.321 e. The third-order valence-corrected chi connectivity index (χ3v) is 3.62. The van der Waals surface area contributed by atoms with Gasteiger partial charge in [0.25, 0.3) is 0 Å². The molecule has 1 amide bonds. The molecule has 5 heteroatoms. The molecular formula is C14H18N2O3. The Labute approximate surface area is 112 Å². The van der Waals surface area contributed by atoms with Crippen LogP contribution in [0.25, 0.3) is 0 Å². The first-order valence-electron chi connectivity index (χ1n) is 6.32. The lowest BCUT2D eigenvalue weighted by molar-refractivity contribution is -0.144.